The van der Waals surface area contributed by atoms with Crippen LogP contribution in [0.2, 0.25) is 0 Å². The van der Waals surface area contributed by atoms with Crippen molar-refractivity contribution >= 4 is 17.4 Å². The summed E-state index contributed by atoms with van der Waals surface area (Å²) >= 11 is 0. The number of hydrogen-bond acceptors (Lipinski definition) is 5. The Bertz CT molecular complexity index is 526. The molecule has 2 rings (SSSR count). The summed E-state index contributed by atoms with van der Waals surface area (Å²) in [5, 5.41) is 0. The Morgan fingerprint density at radius 3 is 2.42 bits per heavy atom. The molecule has 0 bridgehead atoms. The van der Waals surface area contributed by atoms with Crippen molar-refractivity contribution in [3.8, 4) is 11.5 Å². The van der Waals surface area contributed by atoms with Crippen LogP contribution in [0.3, 0.4) is 0 Å². The van der Waals surface area contributed by atoms with Crippen LogP contribution in [0, 0.1) is 0 Å². The first-order valence-corrected chi connectivity index (χ1v) is 5.75. The van der Waals surface area contributed by atoms with Crippen LogP contribution >= 0.6 is 0 Å². The lowest BCUT2D eigenvalue weighted by Gasteiger charge is -2.18. The normalized spacial score (nSPS) is 13.7. The van der Waals surface area contributed by atoms with Crippen LogP contribution in [-0.4, -0.2) is 46.2 Å². The molecule has 0 atom stereocenters. The Kier molecular flexibility index (Phi) is 3.71. The number of amides is 1. The van der Waals surface area contributed by atoms with Crippen LogP contribution in [0.15, 0.2) is 12.1 Å². The molecule has 1 aromatic carbocycles. The van der Waals surface area contributed by atoms with Crippen LogP contribution in [-0.2, 0) is 9.53 Å². The Morgan fingerprint density at radius 2 is 1.84 bits per heavy atom. The van der Waals surface area contributed by atoms with Gasteiger partial charge in [-0.25, -0.2) is 0 Å². The van der Waals surface area contributed by atoms with Crippen molar-refractivity contribution in [2.75, 3.05) is 39.4 Å². The van der Waals surface area contributed by atoms with E-state index < -0.39 is 11.7 Å². The van der Waals surface area contributed by atoms with Crippen molar-refractivity contribution in [3.63, 3.8) is 0 Å². The molecule has 6 heteroatoms. The highest BCUT2D eigenvalue weighted by Crippen LogP contribution is 2.40. The predicted octanol–water partition coefficient (Wildman–Crippen LogP) is 0.879. The SMILES string of the molecule is COCCN1C(=O)C(=O)c2cc(OC)cc(OC)c21. The van der Waals surface area contributed by atoms with Gasteiger partial charge in [0.1, 0.15) is 11.5 Å². The second-order valence-electron chi connectivity index (χ2n) is 4.00. The summed E-state index contributed by atoms with van der Waals surface area (Å²) in [6.07, 6.45) is 0. The molecule has 0 saturated heterocycles. The van der Waals surface area contributed by atoms with Crippen LogP contribution in [0.5, 0.6) is 11.5 Å². The predicted molar refractivity (Wildman–Crippen MR) is 68.1 cm³/mol. The van der Waals surface area contributed by atoms with Gasteiger partial charge in [0.05, 0.1) is 32.1 Å². The first kappa shape index (κ1) is 13.4. The van der Waals surface area contributed by atoms with Crippen LogP contribution in [0.4, 0.5) is 5.69 Å². The van der Waals surface area contributed by atoms with Crippen molar-refractivity contribution in [1.29, 1.82) is 0 Å². The average molecular weight is 265 g/mol. The fraction of sp³-hybridized carbons (Fsp3) is 0.385. The molecule has 0 aromatic heterocycles. The van der Waals surface area contributed by atoms with Gasteiger partial charge < -0.3 is 14.2 Å². The number of nitrogens with zero attached hydrogens (tertiary/aromatic N) is 1. The van der Waals surface area contributed by atoms with E-state index >= 15 is 0 Å². The summed E-state index contributed by atoms with van der Waals surface area (Å²) in [6.45, 7) is 0.643. The second kappa shape index (κ2) is 5.27. The molecule has 0 N–H and O–H groups in total. The maximum absolute atomic E-state index is 12.0. The largest absolute Gasteiger partial charge is 0.497 e. The maximum Gasteiger partial charge on any atom is 0.299 e. The Morgan fingerprint density at radius 1 is 1.11 bits per heavy atom. The van der Waals surface area contributed by atoms with E-state index in [1.165, 1.54) is 26.2 Å². The molecule has 19 heavy (non-hydrogen) atoms. The molecule has 1 aliphatic heterocycles. The van der Waals surface area contributed by atoms with E-state index in [0.29, 0.717) is 35.9 Å². The topological polar surface area (TPSA) is 65.1 Å². The highest BCUT2D eigenvalue weighted by atomic mass is 16.5. The highest BCUT2D eigenvalue weighted by molar-refractivity contribution is 6.52. The molecule has 102 valence electrons. The molecular formula is C13H15NO5. The van der Waals surface area contributed by atoms with Gasteiger partial charge in [0, 0.05) is 19.7 Å². The average Bonchev–Trinajstić information content (AvgIpc) is 2.68. The number of carbonyl (C=O) groups is 2. The van der Waals surface area contributed by atoms with Gasteiger partial charge >= 0.3 is 0 Å². The molecule has 0 saturated carbocycles. The van der Waals surface area contributed by atoms with Gasteiger partial charge in [-0.3, -0.25) is 14.5 Å². The molecule has 0 aliphatic carbocycles. The first-order valence-electron chi connectivity index (χ1n) is 5.75. The minimum atomic E-state index is -0.571. The Balaban J connectivity index is 2.52. The fourth-order valence-corrected chi connectivity index (χ4v) is 2.04. The monoisotopic (exact) mass is 265 g/mol. The number of ketones is 1. The van der Waals surface area contributed by atoms with Gasteiger partial charge in [-0.15, -0.1) is 0 Å². The Hall–Kier alpha value is -2.08. The van der Waals surface area contributed by atoms with E-state index in [0.717, 1.165) is 0 Å². The third-order valence-corrected chi connectivity index (χ3v) is 2.98. The summed E-state index contributed by atoms with van der Waals surface area (Å²) < 4.78 is 15.3. The number of Topliss-reactive ketones (excluding diaryl/α,β-unsaturated/α-hetero) is 1. The lowest BCUT2D eigenvalue weighted by molar-refractivity contribution is -0.114. The summed E-state index contributed by atoms with van der Waals surface area (Å²) in [5.74, 6) is -0.211. The standard InChI is InChI=1S/C13H15NO5/c1-17-5-4-14-11-9(12(15)13(14)16)6-8(18-2)7-10(11)19-3/h6-7H,4-5H2,1-3H3. The van der Waals surface area contributed by atoms with Crippen LogP contribution < -0.4 is 14.4 Å². The summed E-state index contributed by atoms with van der Waals surface area (Å²) in [5.41, 5.74) is 0.785. The zero-order chi connectivity index (χ0) is 14.0. The number of methoxy groups -OCH3 is 3. The van der Waals surface area contributed by atoms with Crippen molar-refractivity contribution in [3.05, 3.63) is 17.7 Å². The number of ether oxygens (including phenoxy) is 3. The number of fused-ring (bicyclic) bond motifs is 1. The van der Waals surface area contributed by atoms with Crippen molar-refractivity contribution in [2.45, 2.75) is 0 Å². The molecule has 1 amide bonds. The lowest BCUT2D eigenvalue weighted by atomic mass is 10.1. The zero-order valence-corrected chi connectivity index (χ0v) is 11.1. The van der Waals surface area contributed by atoms with Gasteiger partial charge in [0.2, 0.25) is 0 Å². The van der Waals surface area contributed by atoms with Gasteiger partial charge in [-0.05, 0) is 6.07 Å². The third kappa shape index (κ3) is 2.15. The molecule has 0 unspecified atom stereocenters. The molecule has 1 aliphatic rings. The van der Waals surface area contributed by atoms with Crippen molar-refractivity contribution in [2.24, 2.45) is 0 Å². The molecule has 0 radical (unpaired) electrons. The van der Waals surface area contributed by atoms with Crippen molar-refractivity contribution in [1.82, 2.24) is 0 Å². The lowest BCUT2D eigenvalue weighted by Crippen LogP contribution is -2.32. The highest BCUT2D eigenvalue weighted by Gasteiger charge is 2.38. The van der Waals surface area contributed by atoms with Crippen LogP contribution in [0.1, 0.15) is 10.4 Å². The number of rotatable bonds is 5. The number of carbonyl (C=O) groups excluding carboxylic acids is 2. The smallest absolute Gasteiger partial charge is 0.299 e. The molecule has 6 nitrogen and oxygen atoms in total. The second-order valence-corrected chi connectivity index (χ2v) is 4.00. The minimum Gasteiger partial charge on any atom is -0.497 e. The molecular weight excluding hydrogens is 250 g/mol. The van der Waals surface area contributed by atoms with E-state index in [2.05, 4.69) is 0 Å². The van der Waals surface area contributed by atoms with Gasteiger partial charge in [0.15, 0.2) is 0 Å². The van der Waals surface area contributed by atoms with E-state index in [4.69, 9.17) is 14.2 Å². The first-order chi connectivity index (χ1) is 9.13. The number of benzene rings is 1. The van der Waals surface area contributed by atoms with Crippen LogP contribution in [0.25, 0.3) is 0 Å². The van der Waals surface area contributed by atoms with E-state index in [-0.39, 0.29) is 0 Å². The molecule has 1 aromatic rings. The molecule has 1 heterocycles. The van der Waals surface area contributed by atoms with Gasteiger partial charge in [0.25, 0.3) is 11.7 Å². The van der Waals surface area contributed by atoms with Gasteiger partial charge in [-0.2, -0.15) is 0 Å². The minimum absolute atomic E-state index is 0.302. The van der Waals surface area contributed by atoms with Crippen molar-refractivity contribution < 1.29 is 23.8 Å². The number of hydrogen-bond donors (Lipinski definition) is 0. The van der Waals surface area contributed by atoms with E-state index in [1.54, 1.807) is 12.1 Å². The summed E-state index contributed by atoms with van der Waals surface area (Å²) in [4.78, 5) is 25.3. The number of anilines is 1. The molecule has 0 fully saturated rings. The fourth-order valence-electron chi connectivity index (χ4n) is 2.04. The Labute approximate surface area is 110 Å². The van der Waals surface area contributed by atoms with E-state index in [9.17, 15) is 9.59 Å². The zero-order valence-electron chi connectivity index (χ0n) is 11.1. The maximum atomic E-state index is 12.0. The van der Waals surface area contributed by atoms with Gasteiger partial charge in [-0.1, -0.05) is 0 Å². The van der Waals surface area contributed by atoms with E-state index in [1.807, 2.05) is 0 Å². The third-order valence-electron chi connectivity index (χ3n) is 2.98. The summed E-state index contributed by atoms with van der Waals surface area (Å²) in [7, 11) is 4.51. The molecule has 0 spiro atoms. The summed E-state index contributed by atoms with van der Waals surface area (Å²) in [6, 6.07) is 3.19. The quantitative estimate of drug-likeness (QED) is 0.739.